The summed E-state index contributed by atoms with van der Waals surface area (Å²) in [5.74, 6) is 0. The quantitative estimate of drug-likeness (QED) is 0.467. The zero-order valence-corrected chi connectivity index (χ0v) is 6.44. The molecular weight excluding hydrogens is 142 g/mol. The second-order valence-corrected chi connectivity index (χ2v) is 2.53. The van der Waals surface area contributed by atoms with E-state index in [2.05, 4.69) is 19.2 Å². The number of thiol groups is 1. The second-order valence-electron chi connectivity index (χ2n) is 2.02. The summed E-state index contributed by atoms with van der Waals surface area (Å²) in [6, 6.07) is 5.58. The van der Waals surface area contributed by atoms with Crippen molar-refractivity contribution >= 4 is 24.4 Å². The average molecular weight is 151 g/mol. The Morgan fingerprint density at radius 1 is 1.50 bits per heavy atom. The highest BCUT2D eigenvalue weighted by Gasteiger charge is 1.92. The molecular formula is C8H9NS. The van der Waals surface area contributed by atoms with Crippen LogP contribution in [0.4, 0.5) is 5.69 Å². The monoisotopic (exact) mass is 151 g/mol. The third kappa shape index (κ3) is 1.33. The second kappa shape index (κ2) is 2.80. The van der Waals surface area contributed by atoms with E-state index in [-0.39, 0.29) is 0 Å². The highest BCUT2D eigenvalue weighted by atomic mass is 32.1. The van der Waals surface area contributed by atoms with Gasteiger partial charge in [-0.25, -0.2) is 0 Å². The van der Waals surface area contributed by atoms with Crippen molar-refractivity contribution in [1.82, 2.24) is 0 Å². The van der Waals surface area contributed by atoms with Crippen molar-refractivity contribution in [2.75, 3.05) is 5.73 Å². The molecule has 10 heavy (non-hydrogen) atoms. The Hall–Kier alpha value is -0.890. The highest BCUT2D eigenvalue weighted by Crippen LogP contribution is 2.16. The van der Waals surface area contributed by atoms with Crippen LogP contribution in [0.3, 0.4) is 0 Å². The maximum absolute atomic E-state index is 5.61. The van der Waals surface area contributed by atoms with Crippen LogP contribution in [-0.4, -0.2) is 0 Å². The molecule has 0 aliphatic rings. The maximum Gasteiger partial charge on any atom is 0.0398 e. The van der Waals surface area contributed by atoms with Crippen LogP contribution in [0.15, 0.2) is 29.7 Å². The summed E-state index contributed by atoms with van der Waals surface area (Å²) in [5.41, 5.74) is 7.29. The molecule has 0 saturated carbocycles. The first-order valence-corrected chi connectivity index (χ1v) is 3.39. The van der Waals surface area contributed by atoms with E-state index in [1.54, 1.807) is 12.1 Å². The Balaban J connectivity index is 3.19. The lowest BCUT2D eigenvalue weighted by Gasteiger charge is -1.99. The first-order chi connectivity index (χ1) is 4.74. The van der Waals surface area contributed by atoms with E-state index < -0.39 is 0 Å². The van der Waals surface area contributed by atoms with Crippen molar-refractivity contribution in [3.8, 4) is 0 Å². The zero-order valence-electron chi connectivity index (χ0n) is 5.54. The van der Waals surface area contributed by atoms with E-state index in [9.17, 15) is 0 Å². The van der Waals surface area contributed by atoms with E-state index in [1.807, 2.05) is 12.1 Å². The Labute approximate surface area is 66.0 Å². The van der Waals surface area contributed by atoms with Crippen LogP contribution in [0.2, 0.25) is 0 Å². The van der Waals surface area contributed by atoms with Gasteiger partial charge in [-0.3, -0.25) is 0 Å². The van der Waals surface area contributed by atoms with Crippen molar-refractivity contribution in [1.29, 1.82) is 0 Å². The molecule has 2 N–H and O–H groups in total. The molecule has 0 bridgehead atoms. The molecule has 0 aliphatic carbocycles. The van der Waals surface area contributed by atoms with Crippen molar-refractivity contribution in [2.45, 2.75) is 4.90 Å². The van der Waals surface area contributed by atoms with Gasteiger partial charge in [0.1, 0.15) is 0 Å². The Bertz CT molecular complexity index is 255. The molecule has 0 fully saturated rings. The van der Waals surface area contributed by atoms with Crippen LogP contribution in [0.5, 0.6) is 0 Å². The van der Waals surface area contributed by atoms with Crippen LogP contribution >= 0.6 is 12.6 Å². The minimum atomic E-state index is 0.725. The fourth-order valence-corrected chi connectivity index (χ4v) is 0.962. The summed E-state index contributed by atoms with van der Waals surface area (Å²) in [5, 5.41) is 0. The molecule has 0 radical (unpaired) electrons. The van der Waals surface area contributed by atoms with E-state index in [4.69, 9.17) is 5.73 Å². The normalized spacial score (nSPS) is 9.30. The fourth-order valence-electron chi connectivity index (χ4n) is 0.748. The van der Waals surface area contributed by atoms with E-state index in [1.165, 1.54) is 0 Å². The fraction of sp³-hybridized carbons (Fsp3) is 0. The van der Waals surface area contributed by atoms with Crippen LogP contribution in [0, 0.1) is 0 Å². The molecule has 0 atom stereocenters. The van der Waals surface area contributed by atoms with E-state index in [0.29, 0.717) is 0 Å². The van der Waals surface area contributed by atoms with Crippen LogP contribution < -0.4 is 5.73 Å². The molecule has 1 rings (SSSR count). The SMILES string of the molecule is C=Cc1ccc(S)cc1N. The van der Waals surface area contributed by atoms with Gasteiger partial charge < -0.3 is 5.73 Å². The average Bonchev–Trinajstić information content (AvgIpc) is 1.88. The molecule has 52 valence electrons. The predicted octanol–water partition coefficient (Wildman–Crippen LogP) is 2.20. The molecule has 0 unspecified atom stereocenters. The van der Waals surface area contributed by atoms with Gasteiger partial charge in [0.15, 0.2) is 0 Å². The molecule has 1 aromatic carbocycles. The van der Waals surface area contributed by atoms with Crippen LogP contribution in [0.25, 0.3) is 6.08 Å². The molecule has 0 saturated heterocycles. The Morgan fingerprint density at radius 2 is 2.20 bits per heavy atom. The number of hydrogen-bond acceptors (Lipinski definition) is 2. The number of hydrogen-bond donors (Lipinski definition) is 2. The topological polar surface area (TPSA) is 26.0 Å². The number of benzene rings is 1. The molecule has 0 amide bonds. The zero-order chi connectivity index (χ0) is 7.56. The third-order valence-corrected chi connectivity index (χ3v) is 1.57. The third-order valence-electron chi connectivity index (χ3n) is 1.29. The van der Waals surface area contributed by atoms with Crippen molar-refractivity contribution in [2.24, 2.45) is 0 Å². The van der Waals surface area contributed by atoms with Gasteiger partial charge in [0, 0.05) is 10.6 Å². The van der Waals surface area contributed by atoms with Gasteiger partial charge in [-0.05, 0) is 17.7 Å². The van der Waals surface area contributed by atoms with Crippen molar-refractivity contribution in [3.63, 3.8) is 0 Å². The summed E-state index contributed by atoms with van der Waals surface area (Å²) >= 11 is 4.13. The van der Waals surface area contributed by atoms with Crippen molar-refractivity contribution in [3.05, 3.63) is 30.3 Å². The van der Waals surface area contributed by atoms with Gasteiger partial charge in [-0.2, -0.15) is 0 Å². The van der Waals surface area contributed by atoms with Crippen LogP contribution in [0.1, 0.15) is 5.56 Å². The van der Waals surface area contributed by atoms with E-state index >= 15 is 0 Å². The van der Waals surface area contributed by atoms with Gasteiger partial charge >= 0.3 is 0 Å². The standard InChI is InChI=1S/C8H9NS/c1-2-6-3-4-7(10)5-8(6)9/h2-5,10H,1,9H2. The Kier molecular flexibility index (Phi) is 2.02. The first kappa shape index (κ1) is 7.22. The van der Waals surface area contributed by atoms with Crippen LogP contribution in [-0.2, 0) is 0 Å². The highest BCUT2D eigenvalue weighted by molar-refractivity contribution is 7.80. The lowest BCUT2D eigenvalue weighted by Crippen LogP contribution is -1.87. The van der Waals surface area contributed by atoms with Crippen molar-refractivity contribution < 1.29 is 0 Å². The van der Waals surface area contributed by atoms with Gasteiger partial charge in [0.25, 0.3) is 0 Å². The first-order valence-electron chi connectivity index (χ1n) is 2.95. The lowest BCUT2D eigenvalue weighted by molar-refractivity contribution is 1.46. The summed E-state index contributed by atoms with van der Waals surface area (Å²) in [6.45, 7) is 3.62. The number of anilines is 1. The molecule has 0 aliphatic heterocycles. The summed E-state index contributed by atoms with van der Waals surface area (Å²) in [7, 11) is 0. The lowest BCUT2D eigenvalue weighted by atomic mass is 10.2. The molecule has 1 nitrogen and oxygen atoms in total. The molecule has 0 aromatic heterocycles. The number of nitrogens with two attached hydrogens (primary N) is 1. The minimum Gasteiger partial charge on any atom is -0.398 e. The maximum atomic E-state index is 5.61. The molecule has 0 heterocycles. The number of nitrogen functional groups attached to an aromatic ring is 1. The summed E-state index contributed by atoms with van der Waals surface area (Å²) in [4.78, 5) is 0.878. The molecule has 1 aromatic rings. The van der Waals surface area contributed by atoms with Gasteiger partial charge in [0.2, 0.25) is 0 Å². The van der Waals surface area contributed by atoms with E-state index in [0.717, 1.165) is 16.1 Å². The molecule has 0 spiro atoms. The van der Waals surface area contributed by atoms with Gasteiger partial charge in [-0.1, -0.05) is 18.7 Å². The smallest absolute Gasteiger partial charge is 0.0398 e. The summed E-state index contributed by atoms with van der Waals surface area (Å²) in [6.07, 6.45) is 1.72. The Morgan fingerprint density at radius 3 is 2.70 bits per heavy atom. The van der Waals surface area contributed by atoms with Gasteiger partial charge in [0.05, 0.1) is 0 Å². The minimum absolute atomic E-state index is 0.725. The predicted molar refractivity (Wildman–Crippen MR) is 48.2 cm³/mol. The largest absolute Gasteiger partial charge is 0.398 e. The van der Waals surface area contributed by atoms with Gasteiger partial charge in [-0.15, -0.1) is 12.6 Å². The molecule has 2 heteroatoms. The number of rotatable bonds is 1. The summed E-state index contributed by atoms with van der Waals surface area (Å²) < 4.78 is 0.